The van der Waals surface area contributed by atoms with Crippen molar-refractivity contribution in [2.24, 2.45) is 5.41 Å². The molecule has 0 fully saturated rings. The summed E-state index contributed by atoms with van der Waals surface area (Å²) < 4.78 is 5.41. The summed E-state index contributed by atoms with van der Waals surface area (Å²) in [7, 11) is 0. The fraction of sp³-hybridized carbons (Fsp3) is 0.406. The fourth-order valence-electron chi connectivity index (χ4n) is 4.80. The van der Waals surface area contributed by atoms with Crippen LogP contribution < -0.4 is 10.6 Å². The molecule has 8 heteroatoms. The standard InChI is InChI=1S/C32H38N2O4S2/c1-5-38-31(37)27-24-17-10-7-11-18-25(24)40-30(27)34-29(36)28(21-13-8-6-9-14-21)39-23-16-12-15-22(19-23)33-26(35)20-32(2,3)4/h6,8-9,12-16,19,28H,5,7,10-11,17-18,20H2,1-4H3,(H,33,35)(H,34,36). The topological polar surface area (TPSA) is 84.5 Å². The minimum atomic E-state index is -0.571. The van der Waals surface area contributed by atoms with E-state index < -0.39 is 5.25 Å². The number of aryl methyl sites for hydroxylation is 1. The molecule has 1 aliphatic carbocycles. The Labute approximate surface area is 245 Å². The van der Waals surface area contributed by atoms with Crippen molar-refractivity contribution in [3.63, 3.8) is 0 Å². The van der Waals surface area contributed by atoms with E-state index in [-0.39, 0.29) is 29.8 Å². The van der Waals surface area contributed by atoms with Crippen molar-refractivity contribution in [2.75, 3.05) is 17.2 Å². The lowest BCUT2D eigenvalue weighted by molar-refractivity contribution is -0.118. The number of thioether (sulfide) groups is 1. The summed E-state index contributed by atoms with van der Waals surface area (Å²) in [4.78, 5) is 41.5. The highest BCUT2D eigenvalue weighted by Crippen LogP contribution is 2.41. The number of amides is 2. The maximum absolute atomic E-state index is 13.9. The van der Waals surface area contributed by atoms with Crippen LogP contribution in [0.4, 0.5) is 10.7 Å². The summed E-state index contributed by atoms with van der Waals surface area (Å²) in [5.41, 5.74) is 2.97. The second kappa shape index (κ2) is 13.5. The van der Waals surface area contributed by atoms with Gasteiger partial charge in [0.1, 0.15) is 10.3 Å². The van der Waals surface area contributed by atoms with Gasteiger partial charge in [-0.25, -0.2) is 4.79 Å². The molecule has 212 valence electrons. The van der Waals surface area contributed by atoms with Crippen molar-refractivity contribution in [2.45, 2.75) is 76.4 Å². The van der Waals surface area contributed by atoms with Gasteiger partial charge in [0.15, 0.2) is 0 Å². The van der Waals surface area contributed by atoms with Gasteiger partial charge in [-0.1, -0.05) is 63.6 Å². The molecule has 40 heavy (non-hydrogen) atoms. The van der Waals surface area contributed by atoms with Crippen LogP contribution in [-0.4, -0.2) is 24.4 Å². The molecule has 2 aromatic carbocycles. The highest BCUT2D eigenvalue weighted by atomic mass is 32.2. The SMILES string of the molecule is CCOC(=O)c1c(NC(=O)C(Sc2cccc(NC(=O)CC(C)(C)C)c2)c2ccccc2)sc2c1CCCCC2. The number of hydrogen-bond donors (Lipinski definition) is 2. The number of anilines is 2. The van der Waals surface area contributed by atoms with Gasteiger partial charge >= 0.3 is 5.97 Å². The molecular weight excluding hydrogens is 540 g/mol. The van der Waals surface area contributed by atoms with Gasteiger partial charge in [-0.2, -0.15) is 0 Å². The second-order valence-corrected chi connectivity index (χ2v) is 13.5. The summed E-state index contributed by atoms with van der Waals surface area (Å²) in [6.45, 7) is 8.16. The minimum Gasteiger partial charge on any atom is -0.462 e. The van der Waals surface area contributed by atoms with Crippen LogP contribution >= 0.6 is 23.1 Å². The average molecular weight is 579 g/mol. The Bertz CT molecular complexity index is 1340. The van der Waals surface area contributed by atoms with E-state index in [1.165, 1.54) is 28.0 Å². The highest BCUT2D eigenvalue weighted by Gasteiger charge is 2.29. The van der Waals surface area contributed by atoms with Crippen molar-refractivity contribution >= 4 is 51.6 Å². The van der Waals surface area contributed by atoms with Crippen molar-refractivity contribution in [3.8, 4) is 0 Å². The van der Waals surface area contributed by atoms with Crippen LogP contribution in [0, 0.1) is 5.41 Å². The zero-order valence-electron chi connectivity index (χ0n) is 23.7. The molecule has 1 heterocycles. The molecule has 1 atom stereocenters. The van der Waals surface area contributed by atoms with Crippen molar-refractivity contribution in [1.29, 1.82) is 0 Å². The molecule has 0 bridgehead atoms. The van der Waals surface area contributed by atoms with E-state index >= 15 is 0 Å². The van der Waals surface area contributed by atoms with E-state index in [0.29, 0.717) is 22.7 Å². The molecule has 6 nitrogen and oxygen atoms in total. The van der Waals surface area contributed by atoms with E-state index in [9.17, 15) is 14.4 Å². The van der Waals surface area contributed by atoms with Crippen LogP contribution in [-0.2, 0) is 27.2 Å². The van der Waals surface area contributed by atoms with E-state index in [1.807, 2.05) is 75.4 Å². The van der Waals surface area contributed by atoms with Crippen molar-refractivity contribution < 1.29 is 19.1 Å². The number of benzene rings is 2. The summed E-state index contributed by atoms with van der Waals surface area (Å²) in [6.07, 6.45) is 5.37. The van der Waals surface area contributed by atoms with Gasteiger partial charge in [0.05, 0.1) is 12.2 Å². The Morgan fingerprint density at radius 2 is 1.73 bits per heavy atom. The summed E-state index contributed by atoms with van der Waals surface area (Å²) in [5, 5.41) is 6.09. The van der Waals surface area contributed by atoms with Crippen LogP contribution in [0.25, 0.3) is 0 Å². The van der Waals surface area contributed by atoms with E-state index in [0.717, 1.165) is 48.1 Å². The first-order valence-corrected chi connectivity index (χ1v) is 15.6. The van der Waals surface area contributed by atoms with Gasteiger partial charge < -0.3 is 15.4 Å². The normalized spacial score (nSPS) is 14.0. The number of carbonyl (C=O) groups excluding carboxylic acids is 3. The molecule has 0 saturated heterocycles. The largest absolute Gasteiger partial charge is 0.462 e. The Hall–Kier alpha value is -3.10. The minimum absolute atomic E-state index is 0.0454. The molecule has 1 aromatic heterocycles. The number of nitrogens with one attached hydrogen (secondary N) is 2. The number of fused-ring (bicyclic) bond motifs is 1. The summed E-state index contributed by atoms with van der Waals surface area (Å²) in [5.74, 6) is -0.629. The molecule has 2 N–H and O–H groups in total. The average Bonchev–Trinajstić information content (AvgIpc) is 3.06. The third-order valence-electron chi connectivity index (χ3n) is 6.54. The maximum Gasteiger partial charge on any atom is 0.341 e. The molecule has 2 amide bonds. The molecule has 3 aromatic rings. The lowest BCUT2D eigenvalue weighted by Gasteiger charge is -2.19. The molecule has 0 radical (unpaired) electrons. The van der Waals surface area contributed by atoms with Gasteiger partial charge in [0.2, 0.25) is 11.8 Å². The van der Waals surface area contributed by atoms with Crippen LogP contribution in [0.5, 0.6) is 0 Å². The molecule has 0 aliphatic heterocycles. The summed E-state index contributed by atoms with van der Waals surface area (Å²) >= 11 is 2.91. The lowest BCUT2D eigenvalue weighted by Crippen LogP contribution is -2.20. The van der Waals surface area contributed by atoms with Crippen LogP contribution in [0.15, 0.2) is 59.5 Å². The zero-order valence-corrected chi connectivity index (χ0v) is 25.3. The number of hydrogen-bond acceptors (Lipinski definition) is 6. The molecule has 1 aliphatic rings. The Morgan fingerprint density at radius 3 is 2.45 bits per heavy atom. The summed E-state index contributed by atoms with van der Waals surface area (Å²) in [6, 6.07) is 17.2. The Kier molecular flexibility index (Phi) is 10.1. The van der Waals surface area contributed by atoms with Crippen molar-refractivity contribution in [1.82, 2.24) is 0 Å². The van der Waals surface area contributed by atoms with E-state index in [4.69, 9.17) is 4.74 Å². The first-order chi connectivity index (χ1) is 19.1. The molecule has 1 unspecified atom stereocenters. The molecule has 0 spiro atoms. The second-order valence-electron chi connectivity index (χ2n) is 11.2. The van der Waals surface area contributed by atoms with Gasteiger partial charge in [0, 0.05) is 21.9 Å². The van der Waals surface area contributed by atoms with Crippen LogP contribution in [0.3, 0.4) is 0 Å². The van der Waals surface area contributed by atoms with E-state index in [2.05, 4.69) is 10.6 Å². The van der Waals surface area contributed by atoms with Crippen LogP contribution in [0.2, 0.25) is 0 Å². The monoisotopic (exact) mass is 578 g/mol. The zero-order chi connectivity index (χ0) is 28.7. The third kappa shape index (κ3) is 7.98. The quantitative estimate of drug-likeness (QED) is 0.152. The number of carbonyl (C=O) groups is 3. The van der Waals surface area contributed by atoms with Crippen LogP contribution in [0.1, 0.15) is 85.0 Å². The van der Waals surface area contributed by atoms with Gasteiger partial charge in [-0.05, 0) is 67.3 Å². The molecule has 0 saturated carbocycles. The fourth-order valence-corrected chi connectivity index (χ4v) is 7.16. The predicted molar refractivity (Wildman–Crippen MR) is 164 cm³/mol. The molecule has 4 rings (SSSR count). The number of esters is 1. The number of thiophene rings is 1. The van der Waals surface area contributed by atoms with Gasteiger partial charge in [-0.15, -0.1) is 23.1 Å². The number of ether oxygens (including phenoxy) is 1. The lowest BCUT2D eigenvalue weighted by atomic mass is 9.92. The third-order valence-corrected chi connectivity index (χ3v) is 9.00. The number of rotatable bonds is 9. The molecular formula is C32H38N2O4S2. The van der Waals surface area contributed by atoms with Gasteiger partial charge in [-0.3, -0.25) is 9.59 Å². The predicted octanol–water partition coefficient (Wildman–Crippen LogP) is 8.04. The van der Waals surface area contributed by atoms with Crippen molar-refractivity contribution in [3.05, 3.63) is 76.2 Å². The highest BCUT2D eigenvalue weighted by molar-refractivity contribution is 8.00. The maximum atomic E-state index is 13.9. The van der Waals surface area contributed by atoms with Gasteiger partial charge in [0.25, 0.3) is 0 Å². The Morgan fingerprint density at radius 1 is 0.975 bits per heavy atom. The smallest absolute Gasteiger partial charge is 0.341 e. The first kappa shape index (κ1) is 29.9. The van der Waals surface area contributed by atoms with E-state index in [1.54, 1.807) is 6.92 Å². The first-order valence-electron chi connectivity index (χ1n) is 13.9. The Balaban J connectivity index is 1.60.